The highest BCUT2D eigenvalue weighted by molar-refractivity contribution is 8.03. The van der Waals surface area contributed by atoms with Crippen molar-refractivity contribution in [2.45, 2.75) is 32.6 Å². The van der Waals surface area contributed by atoms with Gasteiger partial charge in [-0.15, -0.1) is 0 Å². The second kappa shape index (κ2) is 9.99. The molecule has 36 heavy (non-hydrogen) atoms. The average molecular weight is 504 g/mol. The number of thioether (sulfide) groups is 1. The maximum Gasteiger partial charge on any atom is 0.269 e. The maximum absolute atomic E-state index is 13.3. The van der Waals surface area contributed by atoms with Gasteiger partial charge in [0.15, 0.2) is 11.6 Å². The van der Waals surface area contributed by atoms with Gasteiger partial charge in [0, 0.05) is 35.4 Å². The lowest BCUT2D eigenvalue weighted by atomic mass is 9.69. The van der Waals surface area contributed by atoms with E-state index >= 15 is 0 Å². The number of nitriles is 1. The van der Waals surface area contributed by atoms with E-state index in [1.54, 1.807) is 43.5 Å². The van der Waals surface area contributed by atoms with Gasteiger partial charge in [-0.05, 0) is 41.7 Å². The number of hydrogen-bond donors (Lipinski definition) is 1. The number of rotatable bonds is 7. The molecule has 0 amide bonds. The summed E-state index contributed by atoms with van der Waals surface area (Å²) in [5.74, 6) is -0.237. The molecule has 1 unspecified atom stereocenters. The third-order valence-corrected chi connectivity index (χ3v) is 7.32. The van der Waals surface area contributed by atoms with Crippen molar-refractivity contribution in [3.05, 3.63) is 91.6 Å². The van der Waals surface area contributed by atoms with Crippen LogP contribution in [-0.4, -0.2) is 29.4 Å². The first-order chi connectivity index (χ1) is 17.1. The van der Waals surface area contributed by atoms with Crippen molar-refractivity contribution < 1.29 is 19.2 Å². The third kappa shape index (κ3) is 5.04. The van der Waals surface area contributed by atoms with E-state index in [0.29, 0.717) is 46.0 Å². The van der Waals surface area contributed by atoms with Crippen LogP contribution in [0.4, 0.5) is 5.69 Å². The highest BCUT2D eigenvalue weighted by Crippen LogP contribution is 2.48. The molecular weight excluding hydrogens is 478 g/mol. The summed E-state index contributed by atoms with van der Waals surface area (Å²) in [7, 11) is 1.55. The number of ether oxygens (including phenoxy) is 1. The summed E-state index contributed by atoms with van der Waals surface area (Å²) in [4.78, 5) is 37.1. The molecule has 0 saturated carbocycles. The molecule has 0 aromatic heterocycles. The quantitative estimate of drug-likeness (QED) is 0.307. The molecule has 0 fully saturated rings. The first-order valence-corrected chi connectivity index (χ1v) is 12.3. The predicted molar refractivity (Wildman–Crippen MR) is 136 cm³/mol. The number of methoxy groups -OCH3 is 1. The van der Waals surface area contributed by atoms with E-state index in [0.717, 1.165) is 0 Å². The molecule has 184 valence electrons. The zero-order valence-electron chi connectivity index (χ0n) is 20.2. The molecule has 1 N–H and O–H groups in total. The minimum absolute atomic E-state index is 0.0709. The van der Waals surface area contributed by atoms with Crippen molar-refractivity contribution in [3.8, 4) is 11.8 Å². The van der Waals surface area contributed by atoms with Gasteiger partial charge in [0.2, 0.25) is 0 Å². The number of benzene rings is 2. The Hall–Kier alpha value is -3.90. The van der Waals surface area contributed by atoms with Crippen molar-refractivity contribution >= 4 is 29.0 Å². The maximum atomic E-state index is 13.3. The lowest BCUT2D eigenvalue weighted by molar-refractivity contribution is -0.384. The van der Waals surface area contributed by atoms with Crippen LogP contribution in [0, 0.1) is 26.9 Å². The minimum Gasteiger partial charge on any atom is -0.497 e. The van der Waals surface area contributed by atoms with Crippen LogP contribution in [0.2, 0.25) is 0 Å². The standard InChI is InChI=1S/C27H25N3O5S/c1-27(2)12-21-25(22(31)13-27)24(17-5-4-6-18(11-17)30(33)34)20(14-28)26(29-21)36-15-23(32)16-7-9-19(35-3)10-8-16/h4-11,24,29H,12-13,15H2,1-3H3. The fourth-order valence-electron chi connectivity index (χ4n) is 4.64. The number of non-ortho nitro benzene ring substituents is 1. The van der Waals surface area contributed by atoms with Gasteiger partial charge >= 0.3 is 0 Å². The van der Waals surface area contributed by atoms with E-state index in [9.17, 15) is 25.0 Å². The monoisotopic (exact) mass is 503 g/mol. The van der Waals surface area contributed by atoms with Gasteiger partial charge in [-0.25, -0.2) is 0 Å². The van der Waals surface area contributed by atoms with E-state index in [4.69, 9.17) is 4.74 Å². The Kier molecular flexibility index (Phi) is 7.00. The van der Waals surface area contributed by atoms with Gasteiger partial charge in [-0.2, -0.15) is 5.26 Å². The van der Waals surface area contributed by atoms with E-state index in [1.807, 2.05) is 13.8 Å². The Morgan fingerprint density at radius 2 is 1.97 bits per heavy atom. The number of Topliss-reactive ketones (excluding diaryl/α,β-unsaturated/α-hetero) is 2. The van der Waals surface area contributed by atoms with E-state index in [-0.39, 0.29) is 34.0 Å². The molecule has 1 aliphatic heterocycles. The van der Waals surface area contributed by atoms with E-state index < -0.39 is 10.8 Å². The summed E-state index contributed by atoms with van der Waals surface area (Å²) in [5, 5.41) is 25.4. The number of allylic oxidation sites excluding steroid dienone is 3. The number of carbonyl (C=O) groups is 2. The Bertz CT molecular complexity index is 1350. The number of ketones is 2. The number of nitrogens with one attached hydrogen (secondary N) is 1. The summed E-state index contributed by atoms with van der Waals surface area (Å²) >= 11 is 1.19. The highest BCUT2D eigenvalue weighted by Gasteiger charge is 2.42. The molecule has 2 aromatic carbocycles. The zero-order valence-corrected chi connectivity index (χ0v) is 21.0. The van der Waals surface area contributed by atoms with Crippen molar-refractivity contribution in [1.82, 2.24) is 5.32 Å². The molecule has 0 saturated heterocycles. The molecule has 2 aliphatic rings. The van der Waals surface area contributed by atoms with Crippen LogP contribution in [0.1, 0.15) is 48.5 Å². The van der Waals surface area contributed by atoms with Crippen LogP contribution in [0.3, 0.4) is 0 Å². The number of carbonyl (C=O) groups excluding carboxylic acids is 2. The SMILES string of the molecule is COc1ccc(C(=O)CSC2=C(C#N)C(c3cccc([N+](=O)[O-])c3)C3=C(CC(C)(C)CC3=O)N2)cc1. The van der Waals surface area contributed by atoms with Crippen molar-refractivity contribution in [3.63, 3.8) is 0 Å². The number of nitro benzene ring substituents is 1. The fourth-order valence-corrected chi connectivity index (χ4v) is 5.60. The molecule has 8 nitrogen and oxygen atoms in total. The topological polar surface area (TPSA) is 122 Å². The summed E-state index contributed by atoms with van der Waals surface area (Å²) in [6.07, 6.45) is 0.894. The van der Waals surface area contributed by atoms with Crippen LogP contribution in [0.15, 0.2) is 70.4 Å². The lowest BCUT2D eigenvalue weighted by Gasteiger charge is -2.39. The van der Waals surface area contributed by atoms with Crippen LogP contribution in [0.25, 0.3) is 0 Å². The van der Waals surface area contributed by atoms with Gasteiger partial charge in [0.1, 0.15) is 5.75 Å². The van der Waals surface area contributed by atoms with Gasteiger partial charge in [0.25, 0.3) is 5.69 Å². The molecule has 0 bridgehead atoms. The summed E-state index contributed by atoms with van der Waals surface area (Å²) in [5.41, 5.74) is 2.07. The second-order valence-corrected chi connectivity index (χ2v) is 10.5. The molecule has 9 heteroatoms. The molecule has 1 atom stereocenters. The smallest absolute Gasteiger partial charge is 0.269 e. The Morgan fingerprint density at radius 3 is 2.61 bits per heavy atom. The van der Waals surface area contributed by atoms with Gasteiger partial charge < -0.3 is 10.1 Å². The van der Waals surface area contributed by atoms with Crippen molar-refractivity contribution in [2.24, 2.45) is 5.41 Å². The van der Waals surface area contributed by atoms with E-state index in [2.05, 4.69) is 11.4 Å². The molecule has 4 rings (SSSR count). The summed E-state index contributed by atoms with van der Waals surface area (Å²) in [6.45, 7) is 4.00. The first-order valence-electron chi connectivity index (χ1n) is 11.4. The van der Waals surface area contributed by atoms with Crippen molar-refractivity contribution in [1.29, 1.82) is 5.26 Å². The predicted octanol–water partition coefficient (Wildman–Crippen LogP) is 5.28. The van der Waals surface area contributed by atoms with Crippen LogP contribution in [0.5, 0.6) is 5.75 Å². The zero-order chi connectivity index (χ0) is 26.0. The Balaban J connectivity index is 1.73. The first kappa shape index (κ1) is 25.2. The molecular formula is C27H25N3O5S. The average Bonchev–Trinajstić information content (AvgIpc) is 2.85. The highest BCUT2D eigenvalue weighted by atomic mass is 32.2. The molecule has 1 aliphatic carbocycles. The third-order valence-electron chi connectivity index (χ3n) is 6.30. The minimum atomic E-state index is -0.742. The summed E-state index contributed by atoms with van der Waals surface area (Å²) in [6, 6.07) is 15.1. The second-order valence-electron chi connectivity index (χ2n) is 9.54. The molecule has 2 aromatic rings. The van der Waals surface area contributed by atoms with Gasteiger partial charge in [0.05, 0.1) is 40.4 Å². The number of nitro groups is 1. The Morgan fingerprint density at radius 1 is 1.25 bits per heavy atom. The van der Waals surface area contributed by atoms with Crippen LogP contribution in [-0.2, 0) is 4.79 Å². The number of nitrogens with zero attached hydrogens (tertiary/aromatic N) is 2. The fraction of sp³-hybridized carbons (Fsp3) is 0.296. The largest absolute Gasteiger partial charge is 0.497 e. The van der Waals surface area contributed by atoms with Crippen LogP contribution >= 0.6 is 11.8 Å². The van der Waals surface area contributed by atoms with Gasteiger partial charge in [-0.1, -0.05) is 37.7 Å². The lowest BCUT2D eigenvalue weighted by Crippen LogP contribution is -2.37. The number of dihydropyridines is 1. The van der Waals surface area contributed by atoms with Crippen molar-refractivity contribution in [2.75, 3.05) is 12.9 Å². The number of hydrogen-bond acceptors (Lipinski definition) is 8. The normalized spacial score (nSPS) is 18.7. The molecule has 0 spiro atoms. The molecule has 1 heterocycles. The van der Waals surface area contributed by atoms with E-state index in [1.165, 1.54) is 23.9 Å². The Labute approximate surface area is 213 Å². The van der Waals surface area contributed by atoms with Gasteiger partial charge in [-0.3, -0.25) is 19.7 Å². The molecule has 0 radical (unpaired) electrons. The van der Waals surface area contributed by atoms with Crippen LogP contribution < -0.4 is 10.1 Å². The summed E-state index contributed by atoms with van der Waals surface area (Å²) < 4.78 is 5.14.